The molecule has 1 fully saturated rings. The van der Waals surface area contributed by atoms with E-state index < -0.39 is 0 Å². The van der Waals surface area contributed by atoms with Crippen LogP contribution in [0.25, 0.3) is 11.4 Å². The molecule has 0 bridgehead atoms. The fraction of sp³-hybridized carbons (Fsp3) is 0.556. The van der Waals surface area contributed by atoms with Crippen LogP contribution >= 0.6 is 0 Å². The molecule has 1 saturated heterocycles. The van der Waals surface area contributed by atoms with E-state index >= 15 is 0 Å². The second-order valence-corrected chi connectivity index (χ2v) is 6.66. The molecule has 3 heterocycles. The first-order valence-electron chi connectivity index (χ1n) is 8.83. The predicted octanol–water partition coefficient (Wildman–Crippen LogP) is 2.23. The average Bonchev–Trinajstić information content (AvgIpc) is 3.09. The second-order valence-electron chi connectivity index (χ2n) is 6.66. The molecule has 1 amide bonds. The molecule has 0 saturated carbocycles. The molecule has 1 aliphatic rings. The van der Waals surface area contributed by atoms with E-state index in [1.165, 1.54) is 0 Å². The average molecular weight is 342 g/mol. The van der Waals surface area contributed by atoms with Crippen LogP contribution in [-0.4, -0.2) is 50.2 Å². The third kappa shape index (κ3) is 3.65. The number of hydrogen-bond donors (Lipinski definition) is 1. The Morgan fingerprint density at radius 3 is 2.72 bits per heavy atom. The summed E-state index contributed by atoms with van der Waals surface area (Å²) in [6.07, 6.45) is 4.45. The number of carbonyl (C=O) groups excluding carboxylic acids is 1. The highest BCUT2D eigenvalue weighted by Gasteiger charge is 2.19. The van der Waals surface area contributed by atoms with Gasteiger partial charge >= 0.3 is 0 Å². The van der Waals surface area contributed by atoms with E-state index in [9.17, 15) is 4.79 Å². The molecule has 134 valence electrons. The van der Waals surface area contributed by atoms with E-state index in [2.05, 4.69) is 15.4 Å². The molecular weight excluding hydrogens is 316 g/mol. The Balaban J connectivity index is 1.66. The van der Waals surface area contributed by atoms with E-state index in [0.29, 0.717) is 12.2 Å². The fourth-order valence-electron chi connectivity index (χ4n) is 3.26. The third-order valence-electron chi connectivity index (χ3n) is 4.77. The minimum atomic E-state index is 0.281. The van der Waals surface area contributed by atoms with Crippen LogP contribution in [0.2, 0.25) is 0 Å². The van der Waals surface area contributed by atoms with Crippen LogP contribution in [-0.2, 0) is 11.8 Å². The number of nitrogens with zero attached hydrogens (tertiary/aromatic N) is 5. The lowest BCUT2D eigenvalue weighted by Crippen LogP contribution is -2.27. The number of carbonyl (C=O) groups is 1. The highest BCUT2D eigenvalue weighted by molar-refractivity contribution is 5.78. The molecule has 1 aliphatic heterocycles. The van der Waals surface area contributed by atoms with E-state index in [4.69, 9.17) is 4.98 Å². The SMILES string of the molecule is Cc1cnc(-c2c(C)nn(C)c2C)nc1NCCCN1CCCC1=O. The highest BCUT2D eigenvalue weighted by atomic mass is 16.2. The van der Waals surface area contributed by atoms with Gasteiger partial charge in [-0.1, -0.05) is 0 Å². The summed E-state index contributed by atoms with van der Waals surface area (Å²) in [5.41, 5.74) is 4.00. The van der Waals surface area contributed by atoms with Crippen molar-refractivity contribution >= 4 is 11.7 Å². The van der Waals surface area contributed by atoms with Crippen molar-refractivity contribution in [3.8, 4) is 11.4 Å². The smallest absolute Gasteiger partial charge is 0.222 e. The van der Waals surface area contributed by atoms with Gasteiger partial charge in [0.05, 0.1) is 11.3 Å². The summed E-state index contributed by atoms with van der Waals surface area (Å²) in [6.45, 7) is 8.49. The molecule has 0 aliphatic carbocycles. The number of aromatic nitrogens is 4. The molecule has 3 rings (SSSR count). The Morgan fingerprint density at radius 1 is 1.28 bits per heavy atom. The van der Waals surface area contributed by atoms with Gasteiger partial charge in [0.15, 0.2) is 5.82 Å². The van der Waals surface area contributed by atoms with Gasteiger partial charge in [-0.25, -0.2) is 9.97 Å². The molecule has 25 heavy (non-hydrogen) atoms. The van der Waals surface area contributed by atoms with Crippen molar-refractivity contribution in [2.75, 3.05) is 25.0 Å². The Kier molecular flexibility index (Phi) is 5.01. The van der Waals surface area contributed by atoms with Gasteiger partial charge in [-0.2, -0.15) is 5.10 Å². The highest BCUT2D eigenvalue weighted by Crippen LogP contribution is 2.25. The van der Waals surface area contributed by atoms with Crippen molar-refractivity contribution in [2.24, 2.45) is 7.05 Å². The predicted molar refractivity (Wildman–Crippen MR) is 97.4 cm³/mol. The largest absolute Gasteiger partial charge is 0.370 e. The standard InChI is InChI=1S/C18H26N6O/c1-12-11-20-18(16-13(2)22-23(4)14(16)3)21-17(12)19-8-6-10-24-9-5-7-15(24)25/h11H,5-10H2,1-4H3,(H,19,20,21). The molecule has 7 heteroatoms. The second kappa shape index (κ2) is 7.21. The Labute approximate surface area is 148 Å². The summed E-state index contributed by atoms with van der Waals surface area (Å²) < 4.78 is 1.86. The van der Waals surface area contributed by atoms with Gasteiger partial charge in [0, 0.05) is 50.6 Å². The first kappa shape index (κ1) is 17.4. The maximum atomic E-state index is 11.6. The van der Waals surface area contributed by atoms with Crippen molar-refractivity contribution in [3.63, 3.8) is 0 Å². The Morgan fingerprint density at radius 2 is 2.08 bits per heavy atom. The van der Waals surface area contributed by atoms with Gasteiger partial charge in [0.1, 0.15) is 5.82 Å². The molecule has 1 N–H and O–H groups in total. The number of amides is 1. The molecule has 2 aromatic heterocycles. The van der Waals surface area contributed by atoms with Gasteiger partial charge < -0.3 is 10.2 Å². The number of hydrogen-bond acceptors (Lipinski definition) is 5. The number of aryl methyl sites for hydroxylation is 3. The zero-order valence-corrected chi connectivity index (χ0v) is 15.5. The van der Waals surface area contributed by atoms with Crippen molar-refractivity contribution in [3.05, 3.63) is 23.1 Å². The molecule has 2 aromatic rings. The monoisotopic (exact) mass is 342 g/mol. The summed E-state index contributed by atoms with van der Waals surface area (Å²) in [7, 11) is 1.93. The van der Waals surface area contributed by atoms with Crippen LogP contribution in [0, 0.1) is 20.8 Å². The normalized spacial score (nSPS) is 14.4. The van der Waals surface area contributed by atoms with Crippen LogP contribution < -0.4 is 5.32 Å². The lowest BCUT2D eigenvalue weighted by atomic mass is 10.2. The van der Waals surface area contributed by atoms with Crippen LogP contribution in [0.15, 0.2) is 6.20 Å². The van der Waals surface area contributed by atoms with Crippen LogP contribution in [0.3, 0.4) is 0 Å². The van der Waals surface area contributed by atoms with Gasteiger partial charge in [-0.05, 0) is 33.6 Å². The van der Waals surface area contributed by atoms with Gasteiger partial charge in [-0.3, -0.25) is 9.48 Å². The van der Waals surface area contributed by atoms with Crippen molar-refractivity contribution in [1.29, 1.82) is 0 Å². The summed E-state index contributed by atoms with van der Waals surface area (Å²) >= 11 is 0. The lowest BCUT2D eigenvalue weighted by molar-refractivity contribution is -0.127. The van der Waals surface area contributed by atoms with Crippen LogP contribution in [0.1, 0.15) is 36.2 Å². The molecule has 0 aromatic carbocycles. The summed E-state index contributed by atoms with van der Waals surface area (Å²) in [5.74, 6) is 1.83. The van der Waals surface area contributed by atoms with Gasteiger partial charge in [-0.15, -0.1) is 0 Å². The molecule has 7 nitrogen and oxygen atoms in total. The van der Waals surface area contributed by atoms with E-state index in [0.717, 1.165) is 60.8 Å². The maximum Gasteiger partial charge on any atom is 0.222 e. The summed E-state index contributed by atoms with van der Waals surface area (Å²) in [6, 6.07) is 0. The minimum absolute atomic E-state index is 0.281. The summed E-state index contributed by atoms with van der Waals surface area (Å²) in [5, 5.41) is 7.84. The number of nitrogens with one attached hydrogen (secondary N) is 1. The van der Waals surface area contributed by atoms with Crippen LogP contribution in [0.5, 0.6) is 0 Å². The fourth-order valence-corrected chi connectivity index (χ4v) is 3.26. The van der Waals surface area contributed by atoms with Gasteiger partial charge in [0.25, 0.3) is 0 Å². The Bertz CT molecular complexity index is 782. The minimum Gasteiger partial charge on any atom is -0.370 e. The summed E-state index contributed by atoms with van der Waals surface area (Å²) in [4.78, 5) is 22.8. The molecule has 0 unspecified atom stereocenters. The van der Waals surface area contributed by atoms with Gasteiger partial charge in [0.2, 0.25) is 5.91 Å². The molecular formula is C18H26N6O. The quantitative estimate of drug-likeness (QED) is 0.815. The first-order valence-corrected chi connectivity index (χ1v) is 8.83. The zero-order valence-electron chi connectivity index (χ0n) is 15.5. The lowest BCUT2D eigenvalue weighted by Gasteiger charge is -2.16. The van der Waals surface area contributed by atoms with E-state index in [-0.39, 0.29) is 5.91 Å². The first-order chi connectivity index (χ1) is 12.0. The van der Waals surface area contributed by atoms with Crippen molar-refractivity contribution in [2.45, 2.75) is 40.0 Å². The maximum absolute atomic E-state index is 11.6. The zero-order chi connectivity index (χ0) is 18.0. The van der Waals surface area contributed by atoms with E-state index in [1.54, 1.807) is 0 Å². The third-order valence-corrected chi connectivity index (χ3v) is 4.77. The van der Waals surface area contributed by atoms with Crippen molar-refractivity contribution in [1.82, 2.24) is 24.6 Å². The molecule has 0 spiro atoms. The number of rotatable bonds is 6. The van der Waals surface area contributed by atoms with Crippen LogP contribution in [0.4, 0.5) is 5.82 Å². The number of likely N-dealkylation sites (tertiary alicyclic amines) is 1. The van der Waals surface area contributed by atoms with Crippen molar-refractivity contribution < 1.29 is 4.79 Å². The molecule has 0 radical (unpaired) electrons. The van der Waals surface area contributed by atoms with E-state index in [1.807, 2.05) is 43.6 Å². The Hall–Kier alpha value is -2.44. The molecule has 0 atom stereocenters. The topological polar surface area (TPSA) is 75.9 Å². The number of anilines is 1.